The van der Waals surface area contributed by atoms with E-state index >= 15 is 0 Å². The maximum absolute atomic E-state index is 13.0. The number of carbonyl (C=O) groups excluding carboxylic acids is 2. The molecule has 0 spiro atoms. The van der Waals surface area contributed by atoms with E-state index in [0.29, 0.717) is 36.6 Å². The quantitative estimate of drug-likeness (QED) is 0.508. The van der Waals surface area contributed by atoms with Gasteiger partial charge in [0.25, 0.3) is 5.56 Å². The van der Waals surface area contributed by atoms with E-state index in [1.165, 1.54) is 11.6 Å². The summed E-state index contributed by atoms with van der Waals surface area (Å²) in [6, 6.07) is 6.12. The third-order valence-corrected chi connectivity index (χ3v) is 6.37. The average Bonchev–Trinajstić information content (AvgIpc) is 2.86. The molecule has 11 nitrogen and oxygen atoms in total. The number of esters is 1. The molecule has 1 aromatic carbocycles. The number of benzene rings is 1. The molecule has 1 saturated heterocycles. The van der Waals surface area contributed by atoms with E-state index in [-0.39, 0.29) is 18.6 Å². The van der Waals surface area contributed by atoms with Crippen LogP contribution < -0.4 is 16.6 Å². The van der Waals surface area contributed by atoms with Crippen LogP contribution in [0, 0.1) is 6.92 Å². The standard InChI is InChI=1S/C27H38N4O7/c1-18-22(23(32)30(6)26(35)29(18)5)20-9-7-19(8-10-20)17-21(28-25(34)38-27(2,3)4)24(33)37-16-13-31-11-14-36-15-12-31/h7-10,21H,11-17H2,1-6H3,(H,28,34)/t21-/m0/s1. The van der Waals surface area contributed by atoms with Crippen molar-refractivity contribution in [3.8, 4) is 11.1 Å². The van der Waals surface area contributed by atoms with Crippen LogP contribution in [-0.2, 0) is 39.5 Å². The zero-order valence-electron chi connectivity index (χ0n) is 23.0. The van der Waals surface area contributed by atoms with Gasteiger partial charge in [0, 0.05) is 45.8 Å². The molecule has 2 heterocycles. The lowest BCUT2D eigenvalue weighted by Crippen LogP contribution is -2.46. The second kappa shape index (κ2) is 12.4. The Morgan fingerprint density at radius 3 is 2.29 bits per heavy atom. The van der Waals surface area contributed by atoms with Gasteiger partial charge in [-0.05, 0) is 38.8 Å². The summed E-state index contributed by atoms with van der Waals surface area (Å²) in [7, 11) is 3.06. The Labute approximate surface area is 222 Å². The molecule has 0 aliphatic carbocycles. The van der Waals surface area contributed by atoms with Gasteiger partial charge < -0.3 is 24.1 Å². The monoisotopic (exact) mass is 530 g/mol. The lowest BCUT2D eigenvalue weighted by molar-refractivity contribution is -0.146. The molecule has 3 rings (SSSR count). The third kappa shape index (κ3) is 7.55. The van der Waals surface area contributed by atoms with Crippen LogP contribution in [0.1, 0.15) is 32.0 Å². The van der Waals surface area contributed by atoms with Gasteiger partial charge >= 0.3 is 17.8 Å². The lowest BCUT2D eigenvalue weighted by Gasteiger charge is -2.27. The summed E-state index contributed by atoms with van der Waals surface area (Å²) in [6.07, 6.45) is -0.547. The third-order valence-electron chi connectivity index (χ3n) is 6.37. The predicted molar refractivity (Wildman–Crippen MR) is 142 cm³/mol. The fourth-order valence-electron chi connectivity index (χ4n) is 4.16. The highest BCUT2D eigenvalue weighted by atomic mass is 16.6. The molecule has 38 heavy (non-hydrogen) atoms. The summed E-state index contributed by atoms with van der Waals surface area (Å²) in [5.41, 5.74) is 0.872. The van der Waals surface area contributed by atoms with Crippen molar-refractivity contribution in [3.05, 3.63) is 56.4 Å². The van der Waals surface area contributed by atoms with Gasteiger partial charge in [-0.2, -0.15) is 0 Å². The molecular formula is C27H38N4O7. The number of rotatable bonds is 8. The molecule has 1 aliphatic heterocycles. The van der Waals surface area contributed by atoms with Crippen molar-refractivity contribution >= 4 is 12.1 Å². The summed E-state index contributed by atoms with van der Waals surface area (Å²) in [5, 5.41) is 2.64. The summed E-state index contributed by atoms with van der Waals surface area (Å²) in [5.74, 6) is -0.559. The zero-order chi connectivity index (χ0) is 28.0. The van der Waals surface area contributed by atoms with Crippen LogP contribution in [0.5, 0.6) is 0 Å². The molecule has 1 fully saturated rings. The number of ether oxygens (including phenoxy) is 3. The van der Waals surface area contributed by atoms with E-state index < -0.39 is 29.4 Å². The van der Waals surface area contributed by atoms with Crippen LogP contribution in [0.4, 0.5) is 4.79 Å². The second-order valence-electron chi connectivity index (χ2n) is 10.4. The SMILES string of the molecule is Cc1c(-c2ccc(C[C@H](NC(=O)OC(C)(C)C)C(=O)OCCN3CCOCC3)cc2)c(=O)n(C)c(=O)n1C. The summed E-state index contributed by atoms with van der Waals surface area (Å²) in [4.78, 5) is 52.6. The molecule has 0 unspecified atom stereocenters. The number of morpholine rings is 1. The number of amides is 1. The van der Waals surface area contributed by atoms with Crippen LogP contribution in [0.15, 0.2) is 33.9 Å². The number of hydrogen-bond acceptors (Lipinski definition) is 8. The van der Waals surface area contributed by atoms with Crippen molar-refractivity contribution in [2.75, 3.05) is 39.5 Å². The van der Waals surface area contributed by atoms with Crippen molar-refractivity contribution in [2.45, 2.75) is 45.8 Å². The molecule has 1 aliphatic rings. The molecule has 208 valence electrons. The molecule has 1 amide bonds. The lowest BCUT2D eigenvalue weighted by atomic mass is 10.0. The van der Waals surface area contributed by atoms with Crippen LogP contribution >= 0.6 is 0 Å². The highest BCUT2D eigenvalue weighted by molar-refractivity contribution is 5.82. The average molecular weight is 531 g/mol. The first-order valence-electron chi connectivity index (χ1n) is 12.7. The van der Waals surface area contributed by atoms with E-state index in [1.807, 2.05) is 0 Å². The van der Waals surface area contributed by atoms with E-state index in [0.717, 1.165) is 23.2 Å². The molecule has 1 N–H and O–H groups in total. The maximum Gasteiger partial charge on any atom is 0.408 e. The second-order valence-corrected chi connectivity index (χ2v) is 10.4. The predicted octanol–water partition coefficient (Wildman–Crippen LogP) is 1.37. The minimum Gasteiger partial charge on any atom is -0.463 e. The highest BCUT2D eigenvalue weighted by Gasteiger charge is 2.26. The Kier molecular flexibility index (Phi) is 9.50. The summed E-state index contributed by atoms with van der Waals surface area (Å²) in [6.45, 7) is 10.6. The fraction of sp³-hybridized carbons (Fsp3) is 0.556. The molecule has 1 atom stereocenters. The van der Waals surface area contributed by atoms with Gasteiger partial charge in [-0.3, -0.25) is 14.3 Å². The Bertz CT molecular complexity index is 1250. The first-order chi connectivity index (χ1) is 17.9. The molecule has 0 bridgehead atoms. The van der Waals surface area contributed by atoms with E-state index in [2.05, 4.69) is 10.2 Å². The van der Waals surface area contributed by atoms with Crippen molar-refractivity contribution in [1.29, 1.82) is 0 Å². The molecule has 0 saturated carbocycles. The topological polar surface area (TPSA) is 121 Å². The first-order valence-corrected chi connectivity index (χ1v) is 12.7. The van der Waals surface area contributed by atoms with Gasteiger partial charge in [0.15, 0.2) is 0 Å². The Morgan fingerprint density at radius 1 is 1.05 bits per heavy atom. The molecule has 0 radical (unpaired) electrons. The number of aromatic nitrogens is 2. The first kappa shape index (κ1) is 29.1. The van der Waals surface area contributed by atoms with Gasteiger partial charge in [-0.1, -0.05) is 24.3 Å². The molecule has 1 aromatic heterocycles. The number of nitrogens with one attached hydrogen (secondary N) is 1. The van der Waals surface area contributed by atoms with Crippen LogP contribution in [0.3, 0.4) is 0 Å². The summed E-state index contributed by atoms with van der Waals surface area (Å²) >= 11 is 0. The maximum atomic E-state index is 13.0. The van der Waals surface area contributed by atoms with Gasteiger partial charge in [0.05, 0.1) is 18.8 Å². The van der Waals surface area contributed by atoms with E-state index in [9.17, 15) is 19.2 Å². The number of alkyl carbamates (subject to hydrolysis) is 1. The minimum absolute atomic E-state index is 0.167. The van der Waals surface area contributed by atoms with Crippen molar-refractivity contribution < 1.29 is 23.8 Å². The largest absolute Gasteiger partial charge is 0.463 e. The van der Waals surface area contributed by atoms with Gasteiger partial charge in [-0.15, -0.1) is 0 Å². The van der Waals surface area contributed by atoms with Crippen molar-refractivity contribution in [3.63, 3.8) is 0 Å². The molecule has 11 heteroatoms. The highest BCUT2D eigenvalue weighted by Crippen LogP contribution is 2.20. The number of carbonyl (C=O) groups is 2. The van der Waals surface area contributed by atoms with E-state index in [4.69, 9.17) is 14.2 Å². The molecule has 2 aromatic rings. The van der Waals surface area contributed by atoms with Crippen LogP contribution in [0.25, 0.3) is 11.1 Å². The minimum atomic E-state index is -0.965. The Hall–Kier alpha value is -3.44. The molecular weight excluding hydrogens is 492 g/mol. The Morgan fingerprint density at radius 2 is 1.68 bits per heavy atom. The number of nitrogens with zero attached hydrogens (tertiary/aromatic N) is 3. The Balaban J connectivity index is 1.76. The van der Waals surface area contributed by atoms with Crippen molar-refractivity contribution in [1.82, 2.24) is 19.4 Å². The van der Waals surface area contributed by atoms with Crippen LogP contribution in [0.2, 0.25) is 0 Å². The van der Waals surface area contributed by atoms with Gasteiger partial charge in [-0.25, -0.2) is 14.4 Å². The van der Waals surface area contributed by atoms with Gasteiger partial charge in [0.2, 0.25) is 0 Å². The fourth-order valence-corrected chi connectivity index (χ4v) is 4.16. The van der Waals surface area contributed by atoms with Crippen LogP contribution in [-0.4, -0.2) is 77.2 Å². The summed E-state index contributed by atoms with van der Waals surface area (Å²) < 4.78 is 18.7. The smallest absolute Gasteiger partial charge is 0.408 e. The number of hydrogen-bond donors (Lipinski definition) is 1. The normalized spacial score (nSPS) is 15.1. The van der Waals surface area contributed by atoms with E-state index in [1.54, 1.807) is 59.0 Å². The zero-order valence-corrected chi connectivity index (χ0v) is 23.0. The van der Waals surface area contributed by atoms with Crippen molar-refractivity contribution in [2.24, 2.45) is 14.1 Å². The van der Waals surface area contributed by atoms with Gasteiger partial charge in [0.1, 0.15) is 18.2 Å².